The third-order valence-electron chi connectivity index (χ3n) is 3.45. The van der Waals surface area contributed by atoms with Crippen LogP contribution in [0.5, 0.6) is 0 Å². The van der Waals surface area contributed by atoms with Crippen molar-refractivity contribution in [3.63, 3.8) is 0 Å². The maximum atomic E-state index is 12.5. The summed E-state index contributed by atoms with van der Waals surface area (Å²) in [5, 5.41) is 9.45. The van der Waals surface area contributed by atoms with Gasteiger partial charge in [0, 0.05) is 12.8 Å². The van der Waals surface area contributed by atoms with E-state index < -0.39 is 36.2 Å². The molecule has 0 aromatic carbocycles. The Morgan fingerprint density at radius 1 is 0.923 bits per heavy atom. The first kappa shape index (κ1) is 23.3. The molecule has 26 heavy (non-hydrogen) atoms. The van der Waals surface area contributed by atoms with Gasteiger partial charge in [0.15, 0.2) is 0 Å². The fourth-order valence-corrected chi connectivity index (χ4v) is 2.18. The average Bonchev–Trinajstić information content (AvgIpc) is 2.59. The largest absolute Gasteiger partial charge is 0.480 e. The summed E-state index contributed by atoms with van der Waals surface area (Å²) in [4.78, 5) is 49.0. The minimum Gasteiger partial charge on any atom is -0.480 e. The molecule has 0 fully saturated rings. The van der Waals surface area contributed by atoms with E-state index in [2.05, 4.69) is 19.7 Å². The second kappa shape index (κ2) is 13.6. The van der Waals surface area contributed by atoms with Gasteiger partial charge in [0.2, 0.25) is 11.8 Å². The fourth-order valence-electron chi connectivity index (χ4n) is 2.18. The van der Waals surface area contributed by atoms with Gasteiger partial charge in [-0.05, 0) is 25.7 Å². The fraction of sp³-hybridized carbons (Fsp3) is 0.474. The highest BCUT2D eigenvalue weighted by Crippen LogP contribution is 2.14. The number of carboxylic acids is 1. The number of carbonyl (C=O) groups is 4. The first-order valence-corrected chi connectivity index (χ1v) is 8.45. The second-order valence-electron chi connectivity index (χ2n) is 5.55. The molecule has 0 spiro atoms. The average molecular weight is 365 g/mol. The van der Waals surface area contributed by atoms with Crippen molar-refractivity contribution in [1.82, 2.24) is 4.90 Å². The van der Waals surface area contributed by atoms with Crippen LogP contribution in [0.1, 0.15) is 44.9 Å². The molecule has 0 aliphatic rings. The number of unbranched alkanes of at least 4 members (excludes halogenated alkanes) is 2. The Morgan fingerprint density at radius 3 is 1.81 bits per heavy atom. The van der Waals surface area contributed by atoms with Gasteiger partial charge in [-0.1, -0.05) is 24.8 Å². The summed E-state index contributed by atoms with van der Waals surface area (Å²) in [6.07, 6.45) is 5.96. The number of allylic oxidation sites excluding steroid dienone is 2. The van der Waals surface area contributed by atoms with Crippen molar-refractivity contribution >= 4 is 23.8 Å². The van der Waals surface area contributed by atoms with Crippen molar-refractivity contribution in [1.29, 1.82) is 0 Å². The maximum absolute atomic E-state index is 12.5. The quantitative estimate of drug-likeness (QED) is 0.288. The molecule has 1 unspecified atom stereocenters. The van der Waals surface area contributed by atoms with Crippen LogP contribution in [0.2, 0.25) is 0 Å². The maximum Gasteiger partial charge on any atom is 0.327 e. The molecular formula is C19H27NO6. The molecule has 1 N–H and O–H groups in total. The van der Waals surface area contributed by atoms with E-state index in [1.54, 1.807) is 12.2 Å². The van der Waals surface area contributed by atoms with Crippen LogP contribution >= 0.6 is 0 Å². The van der Waals surface area contributed by atoms with Crippen LogP contribution in [-0.2, 0) is 23.9 Å². The Hall–Kier alpha value is -2.70. The van der Waals surface area contributed by atoms with E-state index >= 15 is 0 Å². The summed E-state index contributed by atoms with van der Waals surface area (Å²) in [6.45, 7) is 10.4. The molecule has 0 aromatic heterocycles. The van der Waals surface area contributed by atoms with Crippen molar-refractivity contribution in [2.24, 2.45) is 0 Å². The summed E-state index contributed by atoms with van der Waals surface area (Å²) in [7, 11) is 0. The molecule has 0 aliphatic heterocycles. The lowest BCUT2D eigenvalue weighted by molar-refractivity contribution is -0.161. The van der Waals surface area contributed by atoms with Crippen molar-refractivity contribution in [3.05, 3.63) is 38.0 Å². The molecule has 0 saturated heterocycles. The number of aliphatic carboxylic acids is 1. The first-order chi connectivity index (χ1) is 12.4. The van der Waals surface area contributed by atoms with Crippen LogP contribution < -0.4 is 0 Å². The van der Waals surface area contributed by atoms with Gasteiger partial charge >= 0.3 is 11.9 Å². The molecule has 7 heteroatoms. The normalized spacial score (nSPS) is 11.1. The number of rotatable bonds is 14. The van der Waals surface area contributed by atoms with Crippen molar-refractivity contribution in [2.45, 2.75) is 51.0 Å². The van der Waals surface area contributed by atoms with E-state index in [0.717, 1.165) is 0 Å². The summed E-state index contributed by atoms with van der Waals surface area (Å²) in [6, 6.07) is -1.60. The number of hydrogen-bond acceptors (Lipinski definition) is 5. The van der Waals surface area contributed by atoms with Crippen LogP contribution in [0.4, 0.5) is 0 Å². The van der Waals surface area contributed by atoms with Gasteiger partial charge in [0.1, 0.15) is 12.6 Å². The van der Waals surface area contributed by atoms with Gasteiger partial charge in [-0.25, -0.2) is 4.79 Å². The lowest BCUT2D eigenvalue weighted by Gasteiger charge is -2.27. The number of imide groups is 1. The summed E-state index contributed by atoms with van der Waals surface area (Å²) >= 11 is 0. The highest BCUT2D eigenvalue weighted by Gasteiger charge is 2.36. The lowest BCUT2D eigenvalue weighted by atomic mass is 10.1. The number of amides is 2. The Labute approximate surface area is 154 Å². The van der Waals surface area contributed by atoms with Crippen LogP contribution in [0.3, 0.4) is 0 Å². The Morgan fingerprint density at radius 2 is 1.42 bits per heavy atom. The van der Waals surface area contributed by atoms with Crippen molar-refractivity contribution < 1.29 is 29.0 Å². The standard InChI is InChI=1S/C19H27NO6/c1-4-7-9-11-16(21)20(17(22)12-10-8-5-2)15(19(24)25)14-18(23)26-13-6-3/h4-6,15H,1-3,7-14H2,(H,24,25). The van der Waals surface area contributed by atoms with E-state index in [4.69, 9.17) is 4.74 Å². The van der Waals surface area contributed by atoms with Crippen LogP contribution in [0, 0.1) is 0 Å². The predicted octanol–water partition coefficient (Wildman–Crippen LogP) is 2.63. The zero-order valence-electron chi connectivity index (χ0n) is 15.0. The molecule has 1 atom stereocenters. The first-order valence-electron chi connectivity index (χ1n) is 8.45. The van der Waals surface area contributed by atoms with Crippen molar-refractivity contribution in [2.75, 3.05) is 6.61 Å². The molecule has 0 aromatic rings. The van der Waals surface area contributed by atoms with Gasteiger partial charge in [-0.15, -0.1) is 13.2 Å². The van der Waals surface area contributed by atoms with E-state index in [1.165, 1.54) is 6.08 Å². The number of hydrogen-bond donors (Lipinski definition) is 1. The predicted molar refractivity (Wildman–Crippen MR) is 97.1 cm³/mol. The van der Waals surface area contributed by atoms with E-state index in [9.17, 15) is 24.3 Å². The minimum atomic E-state index is -1.60. The highest BCUT2D eigenvalue weighted by molar-refractivity contribution is 6.00. The van der Waals surface area contributed by atoms with Crippen LogP contribution in [-0.4, -0.2) is 46.4 Å². The van der Waals surface area contributed by atoms with Crippen LogP contribution in [0.15, 0.2) is 38.0 Å². The van der Waals surface area contributed by atoms with Gasteiger partial charge in [-0.3, -0.25) is 19.3 Å². The number of esters is 1. The molecule has 7 nitrogen and oxygen atoms in total. The SMILES string of the molecule is C=CCCCC(=O)N(C(=O)CCCC=C)C(CC(=O)OCC=C)C(=O)O. The van der Waals surface area contributed by atoms with E-state index in [1.807, 2.05) is 0 Å². The molecule has 2 amide bonds. The van der Waals surface area contributed by atoms with Gasteiger partial charge in [-0.2, -0.15) is 0 Å². The highest BCUT2D eigenvalue weighted by atomic mass is 16.5. The number of carboxylic acid groups (broad SMARTS) is 1. The summed E-state index contributed by atoms with van der Waals surface area (Å²) in [5.41, 5.74) is 0. The molecule has 144 valence electrons. The van der Waals surface area contributed by atoms with E-state index in [-0.39, 0.29) is 19.4 Å². The van der Waals surface area contributed by atoms with Gasteiger partial charge in [0.25, 0.3) is 0 Å². The van der Waals surface area contributed by atoms with Gasteiger partial charge < -0.3 is 9.84 Å². The Kier molecular flexibility index (Phi) is 12.2. The van der Waals surface area contributed by atoms with Crippen molar-refractivity contribution in [3.8, 4) is 0 Å². The Bertz CT molecular complexity index is 514. The van der Waals surface area contributed by atoms with Crippen LogP contribution in [0.25, 0.3) is 0 Å². The monoisotopic (exact) mass is 365 g/mol. The molecule has 0 bridgehead atoms. The zero-order chi connectivity index (χ0) is 19.9. The number of carbonyl (C=O) groups excluding carboxylic acids is 3. The minimum absolute atomic E-state index is 0.00922. The Balaban J connectivity index is 5.32. The molecule has 0 rings (SSSR count). The smallest absolute Gasteiger partial charge is 0.327 e. The second-order valence-corrected chi connectivity index (χ2v) is 5.55. The third-order valence-corrected chi connectivity index (χ3v) is 3.45. The molecule has 0 heterocycles. The molecule has 0 aliphatic carbocycles. The topological polar surface area (TPSA) is 101 Å². The zero-order valence-corrected chi connectivity index (χ0v) is 15.0. The van der Waals surface area contributed by atoms with Gasteiger partial charge in [0.05, 0.1) is 6.42 Å². The van der Waals surface area contributed by atoms with E-state index in [0.29, 0.717) is 30.6 Å². The summed E-state index contributed by atoms with van der Waals surface area (Å²) < 4.78 is 4.78. The molecule has 0 saturated carbocycles. The lowest BCUT2D eigenvalue weighted by Crippen LogP contribution is -2.49. The molecule has 0 radical (unpaired) electrons. The third kappa shape index (κ3) is 8.96. The number of nitrogens with zero attached hydrogens (tertiary/aromatic N) is 1. The summed E-state index contributed by atoms with van der Waals surface area (Å²) in [5.74, 6) is -3.51. The number of ether oxygens (including phenoxy) is 1. The molecular weight excluding hydrogens is 338 g/mol.